The summed E-state index contributed by atoms with van der Waals surface area (Å²) in [4.78, 5) is 23.4. The van der Waals surface area contributed by atoms with Crippen LogP contribution in [0.25, 0.3) is 6.08 Å². The van der Waals surface area contributed by atoms with Crippen molar-refractivity contribution in [3.63, 3.8) is 0 Å². The second-order valence-corrected chi connectivity index (χ2v) is 4.87. The number of carbonyl (C=O) groups is 2. The number of hydrogen-bond acceptors (Lipinski definition) is 4. The summed E-state index contributed by atoms with van der Waals surface area (Å²) in [7, 11) is 1.33. The van der Waals surface area contributed by atoms with Crippen LogP contribution < -0.4 is 10.1 Å². The molecular formula is C19H19NO4. The van der Waals surface area contributed by atoms with E-state index in [1.807, 2.05) is 19.1 Å². The van der Waals surface area contributed by atoms with Crippen molar-refractivity contribution in [2.24, 2.45) is 0 Å². The lowest BCUT2D eigenvalue weighted by Gasteiger charge is -2.09. The van der Waals surface area contributed by atoms with Gasteiger partial charge in [0.25, 0.3) is 0 Å². The summed E-state index contributed by atoms with van der Waals surface area (Å²) in [5.41, 5.74) is 1.88. The molecule has 2 aromatic rings. The SMILES string of the molecule is CCOc1ccccc1NC(=O)C=Cc1ccc(C(=O)OC)cc1. The quantitative estimate of drug-likeness (QED) is 0.652. The monoisotopic (exact) mass is 325 g/mol. The molecule has 0 heterocycles. The van der Waals surface area contributed by atoms with Gasteiger partial charge in [-0.2, -0.15) is 0 Å². The maximum absolute atomic E-state index is 12.0. The summed E-state index contributed by atoms with van der Waals surface area (Å²) in [5.74, 6) is -0.0285. The van der Waals surface area contributed by atoms with Gasteiger partial charge in [-0.05, 0) is 42.8 Å². The highest BCUT2D eigenvalue weighted by Crippen LogP contribution is 2.23. The first-order valence-corrected chi connectivity index (χ1v) is 7.53. The van der Waals surface area contributed by atoms with Crippen LogP contribution in [0.2, 0.25) is 0 Å². The fraction of sp³-hybridized carbons (Fsp3) is 0.158. The molecule has 0 fully saturated rings. The van der Waals surface area contributed by atoms with E-state index in [2.05, 4.69) is 10.1 Å². The van der Waals surface area contributed by atoms with E-state index in [-0.39, 0.29) is 5.91 Å². The molecule has 0 aromatic heterocycles. The molecule has 0 aliphatic rings. The predicted octanol–water partition coefficient (Wildman–Crippen LogP) is 3.52. The van der Waals surface area contributed by atoms with Crippen molar-refractivity contribution in [3.05, 3.63) is 65.7 Å². The van der Waals surface area contributed by atoms with Crippen LogP contribution in [0.15, 0.2) is 54.6 Å². The molecular weight excluding hydrogens is 306 g/mol. The number of rotatable bonds is 6. The van der Waals surface area contributed by atoms with Crippen LogP contribution in [0.4, 0.5) is 5.69 Å². The molecule has 2 rings (SSSR count). The van der Waals surface area contributed by atoms with Crippen molar-refractivity contribution in [1.82, 2.24) is 0 Å². The van der Waals surface area contributed by atoms with E-state index in [4.69, 9.17) is 4.74 Å². The third-order valence-electron chi connectivity index (χ3n) is 3.20. The van der Waals surface area contributed by atoms with Crippen molar-refractivity contribution in [2.75, 3.05) is 19.0 Å². The number of esters is 1. The van der Waals surface area contributed by atoms with Crippen LogP contribution in [0.5, 0.6) is 5.75 Å². The summed E-state index contributed by atoms with van der Waals surface area (Å²) in [5, 5.41) is 2.78. The first kappa shape index (κ1) is 17.3. The van der Waals surface area contributed by atoms with E-state index in [1.165, 1.54) is 13.2 Å². The van der Waals surface area contributed by atoms with E-state index in [1.54, 1.807) is 42.5 Å². The van der Waals surface area contributed by atoms with Gasteiger partial charge in [-0.15, -0.1) is 0 Å². The summed E-state index contributed by atoms with van der Waals surface area (Å²) < 4.78 is 10.1. The minimum Gasteiger partial charge on any atom is -0.492 e. The van der Waals surface area contributed by atoms with Gasteiger partial charge >= 0.3 is 5.97 Å². The standard InChI is InChI=1S/C19H19NO4/c1-3-24-17-7-5-4-6-16(17)20-18(21)13-10-14-8-11-15(12-9-14)19(22)23-2/h4-13H,3H2,1-2H3,(H,20,21). The van der Waals surface area contributed by atoms with Gasteiger partial charge in [0.1, 0.15) is 5.75 Å². The Kier molecular flexibility index (Phi) is 6.14. The first-order valence-electron chi connectivity index (χ1n) is 7.53. The van der Waals surface area contributed by atoms with Gasteiger partial charge in [0.15, 0.2) is 0 Å². The van der Waals surface area contributed by atoms with Crippen molar-refractivity contribution in [3.8, 4) is 5.75 Å². The molecule has 0 saturated carbocycles. The third-order valence-corrected chi connectivity index (χ3v) is 3.20. The Balaban J connectivity index is 2.02. The molecule has 2 aromatic carbocycles. The molecule has 0 aliphatic heterocycles. The number of hydrogen-bond donors (Lipinski definition) is 1. The average Bonchev–Trinajstić information content (AvgIpc) is 2.61. The van der Waals surface area contributed by atoms with Crippen molar-refractivity contribution >= 4 is 23.6 Å². The van der Waals surface area contributed by atoms with Crippen LogP contribution >= 0.6 is 0 Å². The molecule has 0 saturated heterocycles. The molecule has 0 aliphatic carbocycles. The van der Waals surface area contributed by atoms with Crippen LogP contribution in [-0.4, -0.2) is 25.6 Å². The fourth-order valence-electron chi connectivity index (χ4n) is 2.05. The summed E-state index contributed by atoms with van der Waals surface area (Å²) >= 11 is 0. The van der Waals surface area contributed by atoms with Gasteiger partial charge in [-0.25, -0.2) is 4.79 Å². The highest BCUT2D eigenvalue weighted by molar-refractivity contribution is 6.02. The number of amides is 1. The van der Waals surface area contributed by atoms with Crippen LogP contribution in [0.3, 0.4) is 0 Å². The van der Waals surface area contributed by atoms with E-state index < -0.39 is 5.97 Å². The van der Waals surface area contributed by atoms with Gasteiger partial charge in [-0.1, -0.05) is 24.3 Å². The number of para-hydroxylation sites is 2. The molecule has 1 amide bonds. The third kappa shape index (κ3) is 4.71. The maximum atomic E-state index is 12.0. The van der Waals surface area contributed by atoms with Gasteiger partial charge in [0.05, 0.1) is 25.0 Å². The average molecular weight is 325 g/mol. The molecule has 124 valence electrons. The molecule has 0 bridgehead atoms. The van der Waals surface area contributed by atoms with Crippen LogP contribution in [0, 0.1) is 0 Å². The van der Waals surface area contributed by atoms with E-state index in [0.29, 0.717) is 23.6 Å². The minimum atomic E-state index is -0.393. The number of nitrogens with one attached hydrogen (secondary N) is 1. The smallest absolute Gasteiger partial charge is 0.337 e. The van der Waals surface area contributed by atoms with E-state index >= 15 is 0 Å². The number of methoxy groups -OCH3 is 1. The normalized spacial score (nSPS) is 10.4. The Hall–Kier alpha value is -3.08. The Bertz CT molecular complexity index is 735. The molecule has 1 N–H and O–H groups in total. The lowest BCUT2D eigenvalue weighted by molar-refractivity contribution is -0.111. The second-order valence-electron chi connectivity index (χ2n) is 4.87. The van der Waals surface area contributed by atoms with Gasteiger partial charge in [0, 0.05) is 6.08 Å². The highest BCUT2D eigenvalue weighted by Gasteiger charge is 2.05. The fourth-order valence-corrected chi connectivity index (χ4v) is 2.05. The van der Waals surface area contributed by atoms with Crippen molar-refractivity contribution in [2.45, 2.75) is 6.92 Å². The lowest BCUT2D eigenvalue weighted by Crippen LogP contribution is -2.09. The predicted molar refractivity (Wildman–Crippen MR) is 93.1 cm³/mol. The van der Waals surface area contributed by atoms with Crippen LogP contribution in [0.1, 0.15) is 22.8 Å². The Morgan fingerprint density at radius 3 is 2.46 bits per heavy atom. The zero-order valence-corrected chi connectivity index (χ0v) is 13.6. The van der Waals surface area contributed by atoms with Crippen molar-refractivity contribution in [1.29, 1.82) is 0 Å². The second kappa shape index (κ2) is 8.53. The summed E-state index contributed by atoms with van der Waals surface area (Å²) in [6.45, 7) is 2.41. The first-order chi connectivity index (χ1) is 11.6. The van der Waals surface area contributed by atoms with E-state index in [9.17, 15) is 9.59 Å². The Morgan fingerprint density at radius 2 is 1.79 bits per heavy atom. The highest BCUT2D eigenvalue weighted by atomic mass is 16.5. The van der Waals surface area contributed by atoms with Gasteiger partial charge in [-0.3, -0.25) is 4.79 Å². The molecule has 0 atom stereocenters. The Labute approximate surface area is 140 Å². The summed E-state index contributed by atoms with van der Waals surface area (Å²) in [6, 6.07) is 14.0. The molecule has 0 spiro atoms. The molecule has 24 heavy (non-hydrogen) atoms. The molecule has 5 nitrogen and oxygen atoms in total. The number of carbonyl (C=O) groups excluding carboxylic acids is 2. The van der Waals surface area contributed by atoms with Crippen molar-refractivity contribution < 1.29 is 19.1 Å². The van der Waals surface area contributed by atoms with Gasteiger partial charge < -0.3 is 14.8 Å². The zero-order valence-electron chi connectivity index (χ0n) is 13.6. The van der Waals surface area contributed by atoms with E-state index in [0.717, 1.165) is 5.56 Å². The Morgan fingerprint density at radius 1 is 1.08 bits per heavy atom. The molecule has 0 unspecified atom stereocenters. The van der Waals surface area contributed by atoms with Crippen LogP contribution in [-0.2, 0) is 9.53 Å². The maximum Gasteiger partial charge on any atom is 0.337 e. The number of anilines is 1. The largest absolute Gasteiger partial charge is 0.492 e. The lowest BCUT2D eigenvalue weighted by atomic mass is 10.1. The molecule has 5 heteroatoms. The summed E-state index contributed by atoms with van der Waals surface area (Å²) in [6.07, 6.45) is 3.09. The minimum absolute atomic E-state index is 0.265. The number of ether oxygens (including phenoxy) is 2. The zero-order chi connectivity index (χ0) is 17.4. The van der Waals surface area contributed by atoms with Gasteiger partial charge in [0.2, 0.25) is 5.91 Å². The molecule has 0 radical (unpaired) electrons. The number of benzene rings is 2. The topological polar surface area (TPSA) is 64.6 Å².